The zero-order chi connectivity index (χ0) is 27.6. The van der Waals surface area contributed by atoms with Gasteiger partial charge in [-0.25, -0.2) is 4.99 Å². The van der Waals surface area contributed by atoms with E-state index in [0.717, 1.165) is 0 Å². The third kappa shape index (κ3) is 8.45. The van der Waals surface area contributed by atoms with Crippen LogP contribution in [0, 0.1) is 17.2 Å². The molecule has 0 radical (unpaired) electrons. The summed E-state index contributed by atoms with van der Waals surface area (Å²) < 4.78 is 38.1. The van der Waals surface area contributed by atoms with Gasteiger partial charge in [0.25, 0.3) is 5.91 Å². The van der Waals surface area contributed by atoms with E-state index in [-0.39, 0.29) is 17.0 Å². The number of fused-ring (bicyclic) bond motifs is 1. The van der Waals surface area contributed by atoms with Crippen LogP contribution in [0.3, 0.4) is 0 Å². The number of nitrogens with zero attached hydrogens (tertiary/aromatic N) is 2. The average Bonchev–Trinajstić information content (AvgIpc) is 2.98. The summed E-state index contributed by atoms with van der Waals surface area (Å²) in [6, 6.07) is 15.4. The van der Waals surface area contributed by atoms with Crippen molar-refractivity contribution in [1.82, 2.24) is 5.32 Å². The summed E-state index contributed by atoms with van der Waals surface area (Å²) in [4.78, 5) is 41.4. The molecule has 3 rings (SSSR count). The Morgan fingerprint density at radius 1 is 1.16 bits per heavy atom. The second-order valence-electron chi connectivity index (χ2n) is 8.31. The molecular weight excluding hydrogens is 487 g/mol. The fraction of sp³-hybridized carbons (Fsp3) is 0.346. The Morgan fingerprint density at radius 3 is 2.38 bits per heavy atom. The van der Waals surface area contributed by atoms with E-state index >= 15 is 0 Å². The highest BCUT2D eigenvalue weighted by Crippen LogP contribution is 2.28. The Morgan fingerprint density at radius 2 is 1.81 bits per heavy atom. The molecular formula is C26H28F3N5O3. The number of aliphatic imine (C=N–C) groups is 1. The summed E-state index contributed by atoms with van der Waals surface area (Å²) in [5.41, 5.74) is 6.77. The maximum atomic E-state index is 12.9. The number of para-hydroxylation sites is 1. The fourth-order valence-electron chi connectivity index (χ4n) is 3.51. The highest BCUT2D eigenvalue weighted by molar-refractivity contribution is 6.20. The lowest BCUT2D eigenvalue weighted by atomic mass is 9.97. The first kappa shape index (κ1) is 29.0. The first-order valence-corrected chi connectivity index (χ1v) is 11.6. The first-order valence-electron chi connectivity index (χ1n) is 11.6. The van der Waals surface area contributed by atoms with Gasteiger partial charge in [-0.1, -0.05) is 62.7 Å². The summed E-state index contributed by atoms with van der Waals surface area (Å²) in [6.45, 7) is 4.25. The molecule has 2 aromatic carbocycles. The van der Waals surface area contributed by atoms with Gasteiger partial charge in [-0.3, -0.25) is 14.4 Å². The molecule has 0 saturated carbocycles. The van der Waals surface area contributed by atoms with Crippen LogP contribution in [0.4, 0.5) is 18.9 Å². The van der Waals surface area contributed by atoms with E-state index in [2.05, 4.69) is 29.5 Å². The van der Waals surface area contributed by atoms with E-state index in [1.54, 1.807) is 42.5 Å². The minimum absolute atomic E-state index is 0.165. The van der Waals surface area contributed by atoms with E-state index in [0.29, 0.717) is 11.1 Å². The van der Waals surface area contributed by atoms with Gasteiger partial charge in [0, 0.05) is 29.9 Å². The number of primary amides is 1. The highest BCUT2D eigenvalue weighted by atomic mass is 19.4. The van der Waals surface area contributed by atoms with Crippen molar-refractivity contribution in [1.29, 1.82) is 5.26 Å². The van der Waals surface area contributed by atoms with Gasteiger partial charge in [-0.05, 0) is 12.5 Å². The van der Waals surface area contributed by atoms with E-state index in [1.165, 1.54) is 12.5 Å². The van der Waals surface area contributed by atoms with Crippen LogP contribution in [0.15, 0.2) is 53.5 Å². The number of halogens is 3. The van der Waals surface area contributed by atoms with Crippen LogP contribution >= 0.6 is 0 Å². The fourth-order valence-corrected chi connectivity index (χ4v) is 3.51. The summed E-state index contributed by atoms with van der Waals surface area (Å²) in [5, 5.41) is 14.4. The Labute approximate surface area is 212 Å². The van der Waals surface area contributed by atoms with Gasteiger partial charge in [0.15, 0.2) is 0 Å². The minimum atomic E-state index is -4.54. The molecule has 2 atom stereocenters. The first-order chi connectivity index (χ1) is 17.5. The van der Waals surface area contributed by atoms with E-state index in [4.69, 9.17) is 5.73 Å². The quantitative estimate of drug-likeness (QED) is 0.512. The predicted molar refractivity (Wildman–Crippen MR) is 132 cm³/mol. The second-order valence-corrected chi connectivity index (χ2v) is 8.31. The molecule has 37 heavy (non-hydrogen) atoms. The summed E-state index contributed by atoms with van der Waals surface area (Å²) in [5.74, 6) is -4.11. The standard InChI is InChI=1S/C23H20F3N5O3.C3H8/c24-23(25,26)10-9-14(11-17(28)32)21(33)31-20-22(34)30-19-15(12-27)7-4-8-16(19)18(29-20)13-5-2-1-3-6-13;1-3-2/h1-8,14,20H,9-11H2,(H2,28,32)(H,30,34)(H,31,33);3H2,1-2H3. The predicted octanol–water partition coefficient (Wildman–Crippen LogP) is 4.04. The second kappa shape index (κ2) is 13.2. The molecule has 0 aromatic heterocycles. The van der Waals surface area contributed by atoms with Crippen LogP contribution < -0.4 is 16.4 Å². The molecule has 11 heteroatoms. The van der Waals surface area contributed by atoms with E-state index < -0.39 is 55.2 Å². The number of alkyl halides is 3. The van der Waals surface area contributed by atoms with Crippen molar-refractivity contribution in [2.45, 2.75) is 51.9 Å². The molecule has 1 aliphatic rings. The SMILES string of the molecule is CCC.N#Cc1cccc2c1NC(=O)C(NC(=O)C(CCC(F)(F)F)CC(N)=O)N=C2c1ccccc1. The van der Waals surface area contributed by atoms with Crippen molar-refractivity contribution in [3.05, 3.63) is 65.2 Å². The third-order valence-corrected chi connectivity index (χ3v) is 5.12. The highest BCUT2D eigenvalue weighted by Gasteiger charge is 2.34. The number of anilines is 1. The normalized spacial score (nSPS) is 15.4. The van der Waals surface area contributed by atoms with Crippen LogP contribution in [0.1, 0.15) is 56.2 Å². The van der Waals surface area contributed by atoms with Crippen molar-refractivity contribution < 1.29 is 27.6 Å². The minimum Gasteiger partial charge on any atom is -0.370 e. The van der Waals surface area contributed by atoms with Crippen molar-refractivity contribution >= 4 is 29.1 Å². The average molecular weight is 516 g/mol. The number of hydrogen-bond acceptors (Lipinski definition) is 5. The lowest BCUT2D eigenvalue weighted by molar-refractivity contribution is -0.143. The van der Waals surface area contributed by atoms with Gasteiger partial charge < -0.3 is 16.4 Å². The molecule has 2 aromatic rings. The topological polar surface area (TPSA) is 137 Å². The largest absolute Gasteiger partial charge is 0.389 e. The Hall–Kier alpha value is -4.20. The Bertz CT molecular complexity index is 1190. The van der Waals surface area contributed by atoms with Gasteiger partial charge in [0.05, 0.1) is 17.0 Å². The molecule has 1 heterocycles. The molecule has 2 unspecified atom stereocenters. The number of rotatable bonds is 7. The summed E-state index contributed by atoms with van der Waals surface area (Å²) >= 11 is 0. The number of nitrogens with one attached hydrogen (secondary N) is 2. The number of nitrogens with two attached hydrogens (primary N) is 1. The Kier molecular flexibility index (Phi) is 10.4. The number of benzene rings is 2. The zero-order valence-corrected chi connectivity index (χ0v) is 20.4. The number of benzodiazepines with no additional fused rings is 1. The van der Waals surface area contributed by atoms with Gasteiger partial charge in [0.1, 0.15) is 6.07 Å². The molecule has 1 aliphatic heterocycles. The van der Waals surface area contributed by atoms with Crippen molar-refractivity contribution in [3.8, 4) is 6.07 Å². The van der Waals surface area contributed by atoms with Crippen LogP contribution in [0.25, 0.3) is 0 Å². The van der Waals surface area contributed by atoms with Crippen LogP contribution in [-0.2, 0) is 14.4 Å². The van der Waals surface area contributed by atoms with E-state index in [9.17, 15) is 32.8 Å². The monoisotopic (exact) mass is 515 g/mol. The summed E-state index contributed by atoms with van der Waals surface area (Å²) in [7, 11) is 0. The molecule has 3 amide bonds. The maximum absolute atomic E-state index is 12.9. The summed E-state index contributed by atoms with van der Waals surface area (Å²) in [6.07, 6.45) is -7.41. The maximum Gasteiger partial charge on any atom is 0.389 e. The lowest BCUT2D eigenvalue weighted by Gasteiger charge is -2.19. The lowest BCUT2D eigenvalue weighted by Crippen LogP contribution is -2.45. The third-order valence-electron chi connectivity index (χ3n) is 5.12. The number of amides is 3. The molecule has 0 aliphatic carbocycles. The molecule has 8 nitrogen and oxygen atoms in total. The zero-order valence-electron chi connectivity index (χ0n) is 20.4. The molecule has 0 saturated heterocycles. The van der Waals surface area contributed by atoms with Crippen LogP contribution in [-0.4, -0.2) is 35.8 Å². The number of hydrogen-bond donors (Lipinski definition) is 3. The molecule has 196 valence electrons. The Balaban J connectivity index is 0.00000153. The van der Waals surface area contributed by atoms with E-state index in [1.807, 2.05) is 6.07 Å². The van der Waals surface area contributed by atoms with Crippen molar-refractivity contribution in [3.63, 3.8) is 0 Å². The number of carbonyl (C=O) groups excluding carboxylic acids is 3. The van der Waals surface area contributed by atoms with Gasteiger partial charge in [-0.2, -0.15) is 18.4 Å². The van der Waals surface area contributed by atoms with Crippen LogP contribution in [0.2, 0.25) is 0 Å². The van der Waals surface area contributed by atoms with Crippen molar-refractivity contribution in [2.24, 2.45) is 16.6 Å². The number of nitriles is 1. The molecule has 4 N–H and O–H groups in total. The molecule has 0 spiro atoms. The van der Waals surface area contributed by atoms with Crippen LogP contribution in [0.5, 0.6) is 0 Å². The smallest absolute Gasteiger partial charge is 0.370 e. The molecule has 0 fully saturated rings. The number of carbonyl (C=O) groups is 3. The van der Waals surface area contributed by atoms with Gasteiger partial charge in [-0.15, -0.1) is 0 Å². The molecule has 0 bridgehead atoms. The van der Waals surface area contributed by atoms with Gasteiger partial charge >= 0.3 is 6.18 Å². The van der Waals surface area contributed by atoms with Crippen molar-refractivity contribution in [2.75, 3.05) is 5.32 Å². The van der Waals surface area contributed by atoms with Gasteiger partial charge in [0.2, 0.25) is 18.0 Å².